The highest BCUT2D eigenvalue weighted by molar-refractivity contribution is 6.02. The van der Waals surface area contributed by atoms with Gasteiger partial charge < -0.3 is 9.47 Å². The first-order chi connectivity index (χ1) is 13.0. The summed E-state index contributed by atoms with van der Waals surface area (Å²) in [4.78, 5) is 23.3. The lowest BCUT2D eigenvalue weighted by Gasteiger charge is -2.50. The average Bonchev–Trinajstić information content (AvgIpc) is 2.66. The van der Waals surface area contributed by atoms with Crippen LogP contribution in [0, 0.1) is 5.41 Å². The summed E-state index contributed by atoms with van der Waals surface area (Å²) in [5, 5.41) is 2.10. The van der Waals surface area contributed by atoms with Crippen molar-refractivity contribution in [2.75, 3.05) is 7.11 Å². The number of benzene rings is 2. The van der Waals surface area contributed by atoms with E-state index in [9.17, 15) is 9.59 Å². The lowest BCUT2D eigenvalue weighted by atomic mass is 9.57. The molecule has 2 aliphatic rings. The zero-order valence-corrected chi connectivity index (χ0v) is 16.2. The van der Waals surface area contributed by atoms with Crippen LogP contribution >= 0.6 is 0 Å². The van der Waals surface area contributed by atoms with Gasteiger partial charge >= 0.3 is 5.97 Å². The summed E-state index contributed by atoms with van der Waals surface area (Å²) >= 11 is 0. The summed E-state index contributed by atoms with van der Waals surface area (Å²) in [6, 6.07) is 8.21. The summed E-state index contributed by atoms with van der Waals surface area (Å²) in [7, 11) is 1.59. The number of hydrogen-bond acceptors (Lipinski definition) is 4. The zero-order valence-electron chi connectivity index (χ0n) is 16.2. The highest BCUT2D eigenvalue weighted by atomic mass is 16.5. The second-order valence-corrected chi connectivity index (χ2v) is 8.12. The maximum Gasteiger partial charge on any atom is 0.302 e. The normalized spacial score (nSPS) is 26.8. The van der Waals surface area contributed by atoms with Crippen molar-refractivity contribution in [2.45, 2.75) is 58.0 Å². The first-order valence-electron chi connectivity index (χ1n) is 9.74. The van der Waals surface area contributed by atoms with E-state index in [1.165, 1.54) is 18.1 Å². The van der Waals surface area contributed by atoms with Crippen LogP contribution in [-0.2, 0) is 16.0 Å². The zero-order chi connectivity index (χ0) is 19.2. The highest BCUT2D eigenvalue weighted by Crippen LogP contribution is 2.55. The summed E-state index contributed by atoms with van der Waals surface area (Å²) in [6.45, 7) is 3.79. The molecule has 2 aromatic rings. The number of aldehydes is 1. The van der Waals surface area contributed by atoms with Crippen LogP contribution in [0.1, 0.15) is 66.9 Å². The Labute approximate surface area is 159 Å². The fourth-order valence-corrected chi connectivity index (χ4v) is 5.42. The van der Waals surface area contributed by atoms with Gasteiger partial charge in [-0.15, -0.1) is 0 Å². The van der Waals surface area contributed by atoms with E-state index in [0.717, 1.165) is 49.2 Å². The second kappa shape index (κ2) is 6.66. The Kier molecular flexibility index (Phi) is 4.45. The van der Waals surface area contributed by atoms with Crippen LogP contribution in [0.25, 0.3) is 10.8 Å². The van der Waals surface area contributed by atoms with Crippen molar-refractivity contribution >= 4 is 23.0 Å². The third kappa shape index (κ3) is 2.73. The summed E-state index contributed by atoms with van der Waals surface area (Å²) in [5.41, 5.74) is 3.29. The van der Waals surface area contributed by atoms with Gasteiger partial charge in [-0.25, -0.2) is 0 Å². The number of hydrogen-bond donors (Lipinski definition) is 0. The smallest absolute Gasteiger partial charge is 0.302 e. The Morgan fingerprint density at radius 3 is 2.67 bits per heavy atom. The van der Waals surface area contributed by atoms with Gasteiger partial charge in [-0.2, -0.15) is 0 Å². The van der Waals surface area contributed by atoms with E-state index in [0.29, 0.717) is 17.2 Å². The molecule has 4 heteroatoms. The largest absolute Gasteiger partial charge is 0.496 e. The maximum atomic E-state index is 11.7. The first-order valence-corrected chi connectivity index (χ1v) is 9.74. The van der Waals surface area contributed by atoms with Crippen LogP contribution in [0.4, 0.5) is 0 Å². The third-order valence-electron chi connectivity index (χ3n) is 6.78. The Bertz CT molecular complexity index is 916. The molecular formula is C23H26O4. The average molecular weight is 366 g/mol. The molecule has 4 rings (SSSR count). The van der Waals surface area contributed by atoms with E-state index in [4.69, 9.17) is 9.47 Å². The predicted molar refractivity (Wildman–Crippen MR) is 104 cm³/mol. The molecule has 142 valence electrons. The molecule has 0 radical (unpaired) electrons. The molecule has 0 spiro atoms. The fourth-order valence-electron chi connectivity index (χ4n) is 5.42. The van der Waals surface area contributed by atoms with Gasteiger partial charge in [-0.3, -0.25) is 9.59 Å². The molecule has 0 aromatic heterocycles. The van der Waals surface area contributed by atoms with Gasteiger partial charge in [0.25, 0.3) is 0 Å². The minimum Gasteiger partial charge on any atom is -0.496 e. The molecule has 0 bridgehead atoms. The number of rotatable bonds is 3. The summed E-state index contributed by atoms with van der Waals surface area (Å²) in [6.07, 6.45) is 5.92. The monoisotopic (exact) mass is 366 g/mol. The van der Waals surface area contributed by atoms with E-state index in [2.05, 4.69) is 25.1 Å². The number of carbonyl (C=O) groups excluding carboxylic acids is 2. The molecule has 3 atom stereocenters. The molecule has 0 aliphatic heterocycles. The van der Waals surface area contributed by atoms with Gasteiger partial charge in [-0.1, -0.05) is 25.1 Å². The minimum absolute atomic E-state index is 0.0148. The van der Waals surface area contributed by atoms with Gasteiger partial charge in [-0.05, 0) is 66.0 Å². The lowest BCUT2D eigenvalue weighted by Crippen LogP contribution is -2.46. The Morgan fingerprint density at radius 1 is 1.19 bits per heavy atom. The summed E-state index contributed by atoms with van der Waals surface area (Å²) < 4.78 is 11.1. The SMILES string of the molecule is COc1ccc2c3c(ccc2c1C=O)[C@@H]1CCC[C@H](OC(C)=O)[C@@]1(C)CC3. The van der Waals surface area contributed by atoms with E-state index in [1.54, 1.807) is 7.11 Å². The fraction of sp³-hybridized carbons (Fsp3) is 0.478. The maximum absolute atomic E-state index is 11.7. The van der Waals surface area contributed by atoms with Crippen molar-refractivity contribution in [3.63, 3.8) is 0 Å². The first kappa shape index (κ1) is 18.0. The topological polar surface area (TPSA) is 52.6 Å². The molecule has 0 heterocycles. The van der Waals surface area contributed by atoms with Crippen LogP contribution in [0.3, 0.4) is 0 Å². The van der Waals surface area contributed by atoms with E-state index in [-0.39, 0.29) is 17.5 Å². The Balaban J connectivity index is 1.84. The van der Waals surface area contributed by atoms with Gasteiger partial charge in [0, 0.05) is 12.3 Å². The minimum atomic E-state index is -0.186. The quantitative estimate of drug-likeness (QED) is 0.578. The van der Waals surface area contributed by atoms with Crippen molar-refractivity contribution in [3.05, 3.63) is 41.0 Å². The molecule has 0 amide bonds. The second-order valence-electron chi connectivity index (χ2n) is 8.12. The van der Waals surface area contributed by atoms with Gasteiger partial charge in [0.2, 0.25) is 0 Å². The molecule has 0 unspecified atom stereocenters. The van der Waals surface area contributed by atoms with Crippen molar-refractivity contribution in [3.8, 4) is 5.75 Å². The standard InChI is InChI=1S/C23H26O4/c1-14(25)27-22-6-4-5-20-18-8-7-16-15(17(18)11-12-23(20,22)2)9-10-21(26-3)19(16)13-24/h7-10,13,20,22H,4-6,11-12H2,1-3H3/t20-,22-,23-/m0/s1. The predicted octanol–water partition coefficient (Wildman–Crippen LogP) is 4.81. The number of esters is 1. The van der Waals surface area contributed by atoms with Crippen molar-refractivity contribution < 1.29 is 19.1 Å². The molecule has 0 saturated heterocycles. The number of ether oxygens (including phenoxy) is 2. The molecule has 2 aliphatic carbocycles. The van der Waals surface area contributed by atoms with Gasteiger partial charge in [0.05, 0.1) is 12.7 Å². The molecular weight excluding hydrogens is 340 g/mol. The molecule has 27 heavy (non-hydrogen) atoms. The Hall–Kier alpha value is -2.36. The van der Waals surface area contributed by atoms with Crippen LogP contribution < -0.4 is 4.74 Å². The lowest BCUT2D eigenvalue weighted by molar-refractivity contribution is -0.158. The van der Waals surface area contributed by atoms with E-state index >= 15 is 0 Å². The van der Waals surface area contributed by atoms with Crippen molar-refractivity contribution in [1.29, 1.82) is 0 Å². The van der Waals surface area contributed by atoms with Crippen molar-refractivity contribution in [1.82, 2.24) is 0 Å². The molecule has 1 saturated carbocycles. The van der Waals surface area contributed by atoms with Gasteiger partial charge in [0.1, 0.15) is 11.9 Å². The molecule has 0 N–H and O–H groups in total. The molecule has 1 fully saturated rings. The highest BCUT2D eigenvalue weighted by Gasteiger charge is 2.49. The molecule has 4 nitrogen and oxygen atoms in total. The Morgan fingerprint density at radius 2 is 1.96 bits per heavy atom. The summed E-state index contributed by atoms with van der Waals surface area (Å²) in [5.74, 6) is 0.810. The third-order valence-corrected chi connectivity index (χ3v) is 6.78. The van der Waals surface area contributed by atoms with Crippen LogP contribution in [0.2, 0.25) is 0 Å². The van der Waals surface area contributed by atoms with Crippen LogP contribution in [0.15, 0.2) is 24.3 Å². The van der Waals surface area contributed by atoms with E-state index < -0.39 is 0 Å². The van der Waals surface area contributed by atoms with Gasteiger partial charge in [0.15, 0.2) is 6.29 Å². The van der Waals surface area contributed by atoms with Crippen molar-refractivity contribution in [2.24, 2.45) is 5.41 Å². The van der Waals surface area contributed by atoms with Crippen LogP contribution in [0.5, 0.6) is 5.75 Å². The van der Waals surface area contributed by atoms with Crippen LogP contribution in [-0.4, -0.2) is 25.5 Å². The molecule has 2 aromatic carbocycles. The van der Waals surface area contributed by atoms with E-state index in [1.807, 2.05) is 6.07 Å². The number of aryl methyl sites for hydroxylation is 1. The number of carbonyl (C=O) groups is 2. The number of methoxy groups -OCH3 is 1. The number of fused-ring (bicyclic) bond motifs is 5.